The Morgan fingerprint density at radius 1 is 0.923 bits per heavy atom. The molecular formula is C12H31N. The fraction of sp³-hybridized carbons (Fsp3) is 1.00. The van der Waals surface area contributed by atoms with Crippen LogP contribution >= 0.6 is 0 Å². The quantitative estimate of drug-likeness (QED) is 0.702. The van der Waals surface area contributed by atoms with Crippen LogP contribution in [0.15, 0.2) is 0 Å². The summed E-state index contributed by atoms with van der Waals surface area (Å²) in [5.41, 5.74) is 0. The first kappa shape index (κ1) is 18.7. The third-order valence-corrected chi connectivity index (χ3v) is 1.49. The molecule has 0 amide bonds. The number of rotatable bonds is 4. The van der Waals surface area contributed by atoms with Gasteiger partial charge in [0.05, 0.1) is 0 Å². The van der Waals surface area contributed by atoms with Crippen LogP contribution in [-0.2, 0) is 0 Å². The molecule has 0 aromatic rings. The molecule has 0 fully saturated rings. The van der Waals surface area contributed by atoms with Crippen molar-refractivity contribution in [1.29, 1.82) is 0 Å². The monoisotopic (exact) mass is 189 g/mol. The van der Waals surface area contributed by atoms with Crippen LogP contribution in [0.25, 0.3) is 0 Å². The van der Waals surface area contributed by atoms with Gasteiger partial charge in [-0.25, -0.2) is 0 Å². The van der Waals surface area contributed by atoms with Crippen LogP contribution in [0.1, 0.15) is 61.8 Å². The molecule has 13 heavy (non-hydrogen) atoms. The average molecular weight is 189 g/mol. The van der Waals surface area contributed by atoms with E-state index in [4.69, 9.17) is 0 Å². The van der Waals surface area contributed by atoms with Crippen molar-refractivity contribution in [1.82, 2.24) is 5.32 Å². The summed E-state index contributed by atoms with van der Waals surface area (Å²) < 4.78 is 0. The molecule has 1 unspecified atom stereocenters. The molecule has 0 heterocycles. The first-order chi connectivity index (χ1) is 6.16. The zero-order chi connectivity index (χ0) is 11.3. The van der Waals surface area contributed by atoms with Crippen LogP contribution < -0.4 is 5.32 Å². The Balaban J connectivity index is -0.000000218. The van der Waals surface area contributed by atoms with E-state index in [2.05, 4.69) is 33.0 Å². The van der Waals surface area contributed by atoms with Gasteiger partial charge in [0.1, 0.15) is 0 Å². The molecule has 0 rings (SSSR count). The molecule has 0 saturated carbocycles. The van der Waals surface area contributed by atoms with E-state index in [1.807, 2.05) is 27.7 Å². The second kappa shape index (κ2) is 17.9. The largest absolute Gasteiger partial charge is 0.314 e. The number of hydrogen-bond acceptors (Lipinski definition) is 1. The third kappa shape index (κ3) is 24.5. The molecule has 0 radical (unpaired) electrons. The average Bonchev–Trinajstić information content (AvgIpc) is 2.20. The van der Waals surface area contributed by atoms with Gasteiger partial charge in [-0.1, -0.05) is 48.5 Å². The molecular weight excluding hydrogens is 158 g/mol. The van der Waals surface area contributed by atoms with E-state index in [1.165, 1.54) is 6.42 Å². The topological polar surface area (TPSA) is 12.0 Å². The highest BCUT2D eigenvalue weighted by atomic mass is 14.9. The highest BCUT2D eigenvalue weighted by Crippen LogP contribution is 1.91. The predicted molar refractivity (Wildman–Crippen MR) is 65.3 cm³/mol. The first-order valence-electron chi connectivity index (χ1n) is 5.90. The van der Waals surface area contributed by atoms with Crippen molar-refractivity contribution in [3.8, 4) is 0 Å². The van der Waals surface area contributed by atoms with Crippen molar-refractivity contribution in [2.24, 2.45) is 5.92 Å². The van der Waals surface area contributed by atoms with Gasteiger partial charge < -0.3 is 5.32 Å². The van der Waals surface area contributed by atoms with Gasteiger partial charge in [0.15, 0.2) is 0 Å². The Morgan fingerprint density at radius 2 is 1.31 bits per heavy atom. The lowest BCUT2D eigenvalue weighted by molar-refractivity contribution is 0.475. The van der Waals surface area contributed by atoms with E-state index < -0.39 is 0 Å². The lowest BCUT2D eigenvalue weighted by atomic mass is 10.2. The number of nitrogens with one attached hydrogen (secondary N) is 1. The fourth-order valence-corrected chi connectivity index (χ4v) is 0.581. The zero-order valence-corrected chi connectivity index (χ0v) is 11.1. The molecule has 1 nitrogen and oxygen atoms in total. The van der Waals surface area contributed by atoms with Crippen LogP contribution in [0.3, 0.4) is 0 Å². The molecule has 1 heteroatoms. The van der Waals surface area contributed by atoms with E-state index in [9.17, 15) is 0 Å². The van der Waals surface area contributed by atoms with E-state index >= 15 is 0 Å². The van der Waals surface area contributed by atoms with Crippen LogP contribution in [0.2, 0.25) is 0 Å². The second-order valence-corrected chi connectivity index (χ2v) is 3.11. The molecule has 0 aliphatic rings. The van der Waals surface area contributed by atoms with Crippen molar-refractivity contribution < 1.29 is 0 Å². The highest BCUT2D eigenvalue weighted by molar-refractivity contribution is 4.58. The van der Waals surface area contributed by atoms with E-state index in [-0.39, 0.29) is 0 Å². The molecule has 0 aliphatic heterocycles. The van der Waals surface area contributed by atoms with Crippen LogP contribution in [-0.4, -0.2) is 12.6 Å². The molecule has 0 spiro atoms. The minimum atomic E-state index is 0.687. The van der Waals surface area contributed by atoms with Gasteiger partial charge in [-0.15, -0.1) is 0 Å². The summed E-state index contributed by atoms with van der Waals surface area (Å²) in [6, 6.07) is 0.687. The fourth-order valence-electron chi connectivity index (χ4n) is 0.581. The maximum atomic E-state index is 3.43. The van der Waals surface area contributed by atoms with Gasteiger partial charge in [0.25, 0.3) is 0 Å². The molecule has 1 N–H and O–H groups in total. The Kier molecular flexibility index (Phi) is 25.7. The van der Waals surface area contributed by atoms with Gasteiger partial charge in [-0.3, -0.25) is 0 Å². The standard InChI is InChI=1S/C8H19N.2C2H6/c1-5-8(4)9-6-7(2)3;2*1-2/h7-9H,5-6H2,1-4H3;2*1-2H3. The summed E-state index contributed by atoms with van der Waals surface area (Å²) in [6.45, 7) is 18.0. The maximum absolute atomic E-state index is 3.43. The molecule has 84 valence electrons. The Bertz CT molecular complexity index is 60.1. The van der Waals surface area contributed by atoms with E-state index in [0.29, 0.717) is 6.04 Å². The summed E-state index contributed by atoms with van der Waals surface area (Å²) in [4.78, 5) is 0. The third-order valence-electron chi connectivity index (χ3n) is 1.49. The Hall–Kier alpha value is -0.0400. The lowest BCUT2D eigenvalue weighted by Crippen LogP contribution is -2.28. The summed E-state index contributed by atoms with van der Waals surface area (Å²) in [6.07, 6.45) is 1.23. The van der Waals surface area contributed by atoms with Gasteiger partial charge in [-0.05, 0) is 25.8 Å². The SMILES string of the molecule is CC.CC.CCC(C)NCC(C)C. The molecule has 0 aromatic heterocycles. The van der Waals surface area contributed by atoms with Gasteiger partial charge >= 0.3 is 0 Å². The van der Waals surface area contributed by atoms with Crippen molar-refractivity contribution >= 4 is 0 Å². The lowest BCUT2D eigenvalue weighted by Gasteiger charge is -2.12. The summed E-state index contributed by atoms with van der Waals surface area (Å²) >= 11 is 0. The summed E-state index contributed by atoms with van der Waals surface area (Å²) in [5.74, 6) is 0.777. The van der Waals surface area contributed by atoms with Crippen LogP contribution in [0.5, 0.6) is 0 Å². The summed E-state index contributed by atoms with van der Waals surface area (Å²) in [5, 5.41) is 3.43. The normalized spacial score (nSPS) is 10.8. The highest BCUT2D eigenvalue weighted by Gasteiger charge is 1.97. The second-order valence-electron chi connectivity index (χ2n) is 3.11. The molecule has 0 bridgehead atoms. The van der Waals surface area contributed by atoms with E-state index in [1.54, 1.807) is 0 Å². The van der Waals surface area contributed by atoms with Crippen molar-refractivity contribution in [3.05, 3.63) is 0 Å². The van der Waals surface area contributed by atoms with Gasteiger partial charge in [-0.2, -0.15) is 0 Å². The van der Waals surface area contributed by atoms with Gasteiger partial charge in [0, 0.05) is 6.04 Å². The number of hydrogen-bond donors (Lipinski definition) is 1. The Labute approximate surface area is 86.3 Å². The van der Waals surface area contributed by atoms with Crippen LogP contribution in [0.4, 0.5) is 0 Å². The maximum Gasteiger partial charge on any atom is 0.00362 e. The predicted octanol–water partition coefficient (Wildman–Crippen LogP) is 4.08. The summed E-state index contributed by atoms with van der Waals surface area (Å²) in [7, 11) is 0. The van der Waals surface area contributed by atoms with E-state index in [0.717, 1.165) is 12.5 Å². The Morgan fingerprint density at radius 3 is 1.54 bits per heavy atom. The van der Waals surface area contributed by atoms with Crippen molar-refractivity contribution in [2.75, 3.05) is 6.54 Å². The smallest absolute Gasteiger partial charge is 0.00362 e. The molecule has 0 aliphatic carbocycles. The molecule has 0 saturated heterocycles. The van der Waals surface area contributed by atoms with Crippen LogP contribution in [0, 0.1) is 5.92 Å². The molecule has 0 aromatic carbocycles. The molecule has 1 atom stereocenters. The van der Waals surface area contributed by atoms with Gasteiger partial charge in [0.2, 0.25) is 0 Å². The van der Waals surface area contributed by atoms with Crippen molar-refractivity contribution in [2.45, 2.75) is 67.9 Å². The zero-order valence-electron chi connectivity index (χ0n) is 11.1. The minimum Gasteiger partial charge on any atom is -0.314 e. The minimum absolute atomic E-state index is 0.687. The first-order valence-corrected chi connectivity index (χ1v) is 5.90. The van der Waals surface area contributed by atoms with Crippen molar-refractivity contribution in [3.63, 3.8) is 0 Å².